The largest absolute Gasteiger partial charge is 0.469 e. The predicted molar refractivity (Wildman–Crippen MR) is 73.0 cm³/mol. The monoisotopic (exact) mass is 269 g/mol. The molecule has 0 aliphatic rings. The molecule has 18 heavy (non-hydrogen) atoms. The Morgan fingerprint density at radius 2 is 2.06 bits per heavy atom. The maximum absolute atomic E-state index is 11.7. The van der Waals surface area contributed by atoms with Crippen molar-refractivity contribution < 1.29 is 13.7 Å². The first-order valence-electron chi connectivity index (χ1n) is 5.78. The summed E-state index contributed by atoms with van der Waals surface area (Å²) in [6.45, 7) is 1.12. The van der Waals surface area contributed by atoms with Crippen molar-refractivity contribution in [3.05, 3.63) is 35.9 Å². The average molecular weight is 269 g/mol. The first-order chi connectivity index (χ1) is 8.65. The highest BCUT2D eigenvalue weighted by molar-refractivity contribution is 7.84. The van der Waals surface area contributed by atoms with E-state index in [0.29, 0.717) is 18.8 Å². The van der Waals surface area contributed by atoms with Crippen LogP contribution < -0.4 is 5.32 Å². The van der Waals surface area contributed by atoms with Crippen molar-refractivity contribution in [3.63, 3.8) is 0 Å². The van der Waals surface area contributed by atoms with Crippen molar-refractivity contribution in [3.8, 4) is 0 Å². The Labute approximate surface area is 110 Å². The van der Waals surface area contributed by atoms with Crippen LogP contribution in [0.5, 0.6) is 0 Å². The molecule has 0 bridgehead atoms. The molecule has 0 radical (unpaired) electrons. The second-order valence-electron chi connectivity index (χ2n) is 3.97. The van der Waals surface area contributed by atoms with E-state index < -0.39 is 10.8 Å². The van der Waals surface area contributed by atoms with Crippen LogP contribution in [0, 0.1) is 0 Å². The van der Waals surface area contributed by atoms with Crippen LogP contribution in [-0.2, 0) is 20.3 Å². The van der Waals surface area contributed by atoms with E-state index in [1.54, 1.807) is 6.26 Å². The summed E-state index contributed by atoms with van der Waals surface area (Å²) in [5.74, 6) is 0.00989. The Kier molecular flexibility index (Phi) is 6.60. The van der Waals surface area contributed by atoms with E-state index in [9.17, 15) is 9.00 Å². The summed E-state index contributed by atoms with van der Waals surface area (Å²) in [5.41, 5.74) is 0.925. The molecular weight excluding hydrogens is 250 g/mol. The number of rotatable bonds is 7. The maximum atomic E-state index is 11.7. The van der Waals surface area contributed by atoms with Gasteiger partial charge in [-0.3, -0.25) is 9.00 Å². The standard InChI is InChI=1S/C13H19NO3S/c1-17-13(15)12(10-14-8-9-18(2)16)11-6-4-3-5-7-11/h3-7,12,14H,8-10H2,1-2H3. The van der Waals surface area contributed by atoms with Gasteiger partial charge in [0.2, 0.25) is 0 Å². The van der Waals surface area contributed by atoms with Crippen LogP contribution >= 0.6 is 0 Å². The third-order valence-corrected chi connectivity index (χ3v) is 3.38. The zero-order chi connectivity index (χ0) is 13.4. The Hall–Kier alpha value is -1.20. The molecule has 0 aliphatic carbocycles. The molecule has 2 atom stereocenters. The molecule has 1 N–H and O–H groups in total. The molecule has 0 saturated carbocycles. The van der Waals surface area contributed by atoms with Crippen LogP contribution in [0.3, 0.4) is 0 Å². The molecule has 0 fully saturated rings. The van der Waals surface area contributed by atoms with Gasteiger partial charge in [0.05, 0.1) is 13.0 Å². The topological polar surface area (TPSA) is 55.4 Å². The van der Waals surface area contributed by atoms with Gasteiger partial charge in [0, 0.05) is 35.9 Å². The molecule has 5 heteroatoms. The molecule has 0 aromatic heterocycles. The van der Waals surface area contributed by atoms with Gasteiger partial charge in [0.15, 0.2) is 0 Å². The number of nitrogens with one attached hydrogen (secondary N) is 1. The molecule has 1 aromatic rings. The summed E-state index contributed by atoms with van der Waals surface area (Å²) in [7, 11) is 0.572. The van der Waals surface area contributed by atoms with E-state index in [1.165, 1.54) is 7.11 Å². The fourth-order valence-corrected chi connectivity index (χ4v) is 2.06. The molecule has 1 aromatic carbocycles. The van der Waals surface area contributed by atoms with E-state index >= 15 is 0 Å². The van der Waals surface area contributed by atoms with Gasteiger partial charge in [-0.25, -0.2) is 0 Å². The minimum absolute atomic E-state index is 0.258. The van der Waals surface area contributed by atoms with Crippen LogP contribution in [0.2, 0.25) is 0 Å². The molecular formula is C13H19NO3S. The summed E-state index contributed by atoms with van der Waals surface area (Å²) < 4.78 is 15.7. The fourth-order valence-electron chi connectivity index (χ4n) is 1.63. The number of carbonyl (C=O) groups excluding carboxylic acids is 1. The minimum atomic E-state index is -0.816. The molecule has 0 spiro atoms. The predicted octanol–water partition coefficient (Wildman–Crippen LogP) is 0.911. The van der Waals surface area contributed by atoms with Gasteiger partial charge in [-0.1, -0.05) is 30.3 Å². The molecule has 0 saturated heterocycles. The first-order valence-corrected chi connectivity index (χ1v) is 7.51. The van der Waals surface area contributed by atoms with Crippen molar-refractivity contribution in [1.29, 1.82) is 0 Å². The second kappa shape index (κ2) is 8.00. The zero-order valence-electron chi connectivity index (χ0n) is 10.7. The lowest BCUT2D eigenvalue weighted by atomic mass is 9.99. The number of carbonyl (C=O) groups is 1. The van der Waals surface area contributed by atoms with E-state index in [-0.39, 0.29) is 11.9 Å². The van der Waals surface area contributed by atoms with Crippen molar-refractivity contribution in [1.82, 2.24) is 5.32 Å². The van der Waals surface area contributed by atoms with Crippen LogP contribution in [0.25, 0.3) is 0 Å². The lowest BCUT2D eigenvalue weighted by Gasteiger charge is -2.15. The Morgan fingerprint density at radius 1 is 1.39 bits per heavy atom. The van der Waals surface area contributed by atoms with Crippen LogP contribution in [0.15, 0.2) is 30.3 Å². The first kappa shape index (κ1) is 14.9. The lowest BCUT2D eigenvalue weighted by Crippen LogP contribution is -2.30. The number of benzene rings is 1. The minimum Gasteiger partial charge on any atom is -0.469 e. The van der Waals surface area contributed by atoms with Crippen molar-refractivity contribution in [2.24, 2.45) is 0 Å². The number of ether oxygens (including phenoxy) is 1. The van der Waals surface area contributed by atoms with E-state index in [1.807, 2.05) is 30.3 Å². The van der Waals surface area contributed by atoms with Gasteiger partial charge in [-0.05, 0) is 5.56 Å². The van der Waals surface area contributed by atoms with Gasteiger partial charge < -0.3 is 10.1 Å². The SMILES string of the molecule is COC(=O)C(CNCCS(C)=O)c1ccccc1. The Balaban J connectivity index is 2.57. The van der Waals surface area contributed by atoms with Crippen molar-refractivity contribution in [2.45, 2.75) is 5.92 Å². The average Bonchev–Trinajstić information content (AvgIpc) is 2.38. The third kappa shape index (κ3) is 4.98. The van der Waals surface area contributed by atoms with Crippen LogP contribution in [-0.4, -0.2) is 42.4 Å². The lowest BCUT2D eigenvalue weighted by molar-refractivity contribution is -0.142. The van der Waals surface area contributed by atoms with Gasteiger partial charge in [-0.15, -0.1) is 0 Å². The summed E-state index contributed by atoms with van der Waals surface area (Å²) >= 11 is 0. The number of esters is 1. The number of methoxy groups -OCH3 is 1. The molecule has 100 valence electrons. The number of hydrogen-bond acceptors (Lipinski definition) is 4. The van der Waals surface area contributed by atoms with Crippen LogP contribution in [0.1, 0.15) is 11.5 Å². The maximum Gasteiger partial charge on any atom is 0.314 e. The Bertz CT molecular complexity index is 394. The summed E-state index contributed by atoms with van der Waals surface area (Å²) in [4.78, 5) is 11.7. The molecule has 0 heterocycles. The molecule has 4 nitrogen and oxygen atoms in total. The highest BCUT2D eigenvalue weighted by Crippen LogP contribution is 2.15. The highest BCUT2D eigenvalue weighted by Gasteiger charge is 2.20. The smallest absolute Gasteiger partial charge is 0.314 e. The van der Waals surface area contributed by atoms with Gasteiger partial charge in [-0.2, -0.15) is 0 Å². The molecule has 1 rings (SSSR count). The fraction of sp³-hybridized carbons (Fsp3) is 0.462. The second-order valence-corrected chi connectivity index (χ2v) is 5.52. The molecule has 0 aliphatic heterocycles. The third-order valence-electron chi connectivity index (χ3n) is 2.60. The zero-order valence-corrected chi connectivity index (χ0v) is 11.5. The summed E-state index contributed by atoms with van der Waals surface area (Å²) in [5, 5.41) is 3.14. The highest BCUT2D eigenvalue weighted by atomic mass is 32.2. The Morgan fingerprint density at radius 3 is 2.61 bits per heavy atom. The van der Waals surface area contributed by atoms with Gasteiger partial charge in [0.1, 0.15) is 0 Å². The van der Waals surface area contributed by atoms with Crippen LogP contribution in [0.4, 0.5) is 0 Å². The summed E-state index contributed by atoms with van der Waals surface area (Å²) in [6.07, 6.45) is 1.66. The van der Waals surface area contributed by atoms with E-state index in [4.69, 9.17) is 4.74 Å². The van der Waals surface area contributed by atoms with E-state index in [2.05, 4.69) is 5.32 Å². The molecule has 0 amide bonds. The van der Waals surface area contributed by atoms with Gasteiger partial charge >= 0.3 is 5.97 Å². The normalized spacial score (nSPS) is 13.9. The van der Waals surface area contributed by atoms with E-state index in [0.717, 1.165) is 5.56 Å². The van der Waals surface area contributed by atoms with Crippen molar-refractivity contribution >= 4 is 16.8 Å². The molecule has 2 unspecified atom stereocenters. The van der Waals surface area contributed by atoms with Crippen molar-refractivity contribution in [2.75, 3.05) is 32.2 Å². The van der Waals surface area contributed by atoms with Gasteiger partial charge in [0.25, 0.3) is 0 Å². The number of hydrogen-bond donors (Lipinski definition) is 1. The quantitative estimate of drug-likeness (QED) is 0.590. The summed E-state index contributed by atoms with van der Waals surface area (Å²) in [6, 6.07) is 9.51.